The Balaban J connectivity index is 2.29. The number of benzene rings is 1. The van der Waals surface area contributed by atoms with Crippen molar-refractivity contribution in [1.82, 2.24) is 4.98 Å². The molecule has 0 atom stereocenters. The zero-order chi connectivity index (χ0) is 15.6. The molecule has 1 heterocycles. The molecule has 0 bridgehead atoms. The molecule has 0 aliphatic heterocycles. The van der Waals surface area contributed by atoms with Crippen LogP contribution in [0.3, 0.4) is 0 Å². The highest BCUT2D eigenvalue weighted by Crippen LogP contribution is 2.28. The summed E-state index contributed by atoms with van der Waals surface area (Å²) in [5.74, 6) is -0.252. The molecule has 5 nitrogen and oxygen atoms in total. The van der Waals surface area contributed by atoms with Gasteiger partial charge in [0, 0.05) is 5.69 Å². The average Bonchev–Trinajstić information content (AvgIpc) is 2.36. The molecule has 1 aromatic heterocycles. The standard InChI is InChI=1S/C13H13Cl2N3O2S/c1-8-6-11(14)17-13(15)12(8)18-21(19,20)7-9-4-2-3-5-10(9)16/h2-6,18H,7,16H2,1H3. The number of halogens is 2. The van der Waals surface area contributed by atoms with Crippen molar-refractivity contribution in [1.29, 1.82) is 0 Å². The first-order valence-electron chi connectivity index (χ1n) is 5.95. The van der Waals surface area contributed by atoms with Gasteiger partial charge in [0.05, 0.1) is 11.4 Å². The number of anilines is 2. The smallest absolute Gasteiger partial charge is 0.237 e. The topological polar surface area (TPSA) is 85.1 Å². The molecule has 0 spiro atoms. The van der Waals surface area contributed by atoms with Gasteiger partial charge >= 0.3 is 0 Å². The van der Waals surface area contributed by atoms with Crippen LogP contribution < -0.4 is 10.5 Å². The molecule has 2 rings (SSSR count). The fraction of sp³-hybridized carbons (Fsp3) is 0.154. The third kappa shape index (κ3) is 4.00. The second-order valence-corrected chi connectivity index (χ2v) is 6.96. The number of nitrogens with one attached hydrogen (secondary N) is 1. The molecule has 3 N–H and O–H groups in total. The second kappa shape index (κ2) is 6.09. The van der Waals surface area contributed by atoms with Crippen molar-refractivity contribution < 1.29 is 8.42 Å². The quantitative estimate of drug-likeness (QED) is 0.658. The Kier molecular flexibility index (Phi) is 4.61. The van der Waals surface area contributed by atoms with Gasteiger partial charge in [-0.05, 0) is 30.2 Å². The van der Waals surface area contributed by atoms with Crippen LogP contribution in [0.1, 0.15) is 11.1 Å². The van der Waals surface area contributed by atoms with Crippen molar-refractivity contribution in [3.63, 3.8) is 0 Å². The average molecular weight is 346 g/mol. The van der Waals surface area contributed by atoms with Gasteiger partial charge in [-0.3, -0.25) is 4.72 Å². The van der Waals surface area contributed by atoms with E-state index in [1.807, 2.05) is 0 Å². The number of aryl methyl sites for hydroxylation is 1. The van der Waals surface area contributed by atoms with Crippen LogP contribution in [0.15, 0.2) is 30.3 Å². The van der Waals surface area contributed by atoms with Gasteiger partial charge in [-0.2, -0.15) is 0 Å². The third-order valence-corrected chi connectivity index (χ3v) is 4.47. The molecular weight excluding hydrogens is 333 g/mol. The predicted molar refractivity (Wildman–Crippen MR) is 86.1 cm³/mol. The number of para-hydroxylation sites is 1. The molecule has 0 radical (unpaired) electrons. The first kappa shape index (κ1) is 15.9. The Hall–Kier alpha value is -1.50. The number of nitrogen functional groups attached to an aromatic ring is 1. The molecule has 0 amide bonds. The summed E-state index contributed by atoms with van der Waals surface area (Å²) in [6, 6.07) is 8.30. The fourth-order valence-corrected chi connectivity index (χ4v) is 3.73. The summed E-state index contributed by atoms with van der Waals surface area (Å²) in [6.07, 6.45) is 0. The summed E-state index contributed by atoms with van der Waals surface area (Å²) in [5, 5.41) is 0.206. The van der Waals surface area contributed by atoms with E-state index in [2.05, 4.69) is 9.71 Å². The van der Waals surface area contributed by atoms with E-state index in [4.69, 9.17) is 28.9 Å². The molecule has 0 fully saturated rings. The molecule has 0 aliphatic carbocycles. The number of nitrogens with two attached hydrogens (primary N) is 1. The van der Waals surface area contributed by atoms with Crippen molar-refractivity contribution in [3.8, 4) is 0 Å². The predicted octanol–water partition coefficient (Wildman–Crippen LogP) is 3.22. The molecule has 0 aliphatic rings. The van der Waals surface area contributed by atoms with Crippen LogP contribution >= 0.6 is 23.2 Å². The first-order valence-corrected chi connectivity index (χ1v) is 8.36. The Bertz CT molecular complexity index is 756. The van der Waals surface area contributed by atoms with E-state index < -0.39 is 10.0 Å². The van der Waals surface area contributed by atoms with Gasteiger partial charge in [-0.25, -0.2) is 13.4 Å². The zero-order valence-electron chi connectivity index (χ0n) is 11.1. The maximum atomic E-state index is 12.2. The maximum absolute atomic E-state index is 12.2. The molecule has 0 unspecified atom stereocenters. The Morgan fingerprint density at radius 2 is 1.95 bits per heavy atom. The van der Waals surface area contributed by atoms with E-state index in [0.29, 0.717) is 16.8 Å². The lowest BCUT2D eigenvalue weighted by Gasteiger charge is -2.12. The van der Waals surface area contributed by atoms with Crippen LogP contribution in [0.4, 0.5) is 11.4 Å². The van der Waals surface area contributed by atoms with Crippen molar-refractivity contribution in [2.75, 3.05) is 10.5 Å². The molecule has 112 valence electrons. The lowest BCUT2D eigenvalue weighted by Crippen LogP contribution is -2.17. The summed E-state index contributed by atoms with van der Waals surface area (Å²) in [7, 11) is -3.67. The van der Waals surface area contributed by atoms with Gasteiger partial charge in [0.15, 0.2) is 5.15 Å². The summed E-state index contributed by atoms with van der Waals surface area (Å²) in [6.45, 7) is 1.69. The van der Waals surface area contributed by atoms with Gasteiger partial charge in [-0.1, -0.05) is 41.4 Å². The van der Waals surface area contributed by atoms with Crippen LogP contribution in [0, 0.1) is 6.92 Å². The second-order valence-electron chi connectivity index (χ2n) is 4.49. The van der Waals surface area contributed by atoms with Crippen molar-refractivity contribution in [3.05, 3.63) is 51.8 Å². The van der Waals surface area contributed by atoms with Crippen molar-refractivity contribution >= 4 is 44.6 Å². The van der Waals surface area contributed by atoms with Crippen LogP contribution in [0.25, 0.3) is 0 Å². The third-order valence-electron chi connectivity index (χ3n) is 2.80. The fourth-order valence-electron chi connectivity index (χ4n) is 1.78. The monoisotopic (exact) mass is 345 g/mol. The number of aromatic nitrogens is 1. The lowest BCUT2D eigenvalue weighted by atomic mass is 10.2. The Morgan fingerprint density at radius 3 is 2.57 bits per heavy atom. The number of nitrogens with zero attached hydrogens (tertiary/aromatic N) is 1. The highest BCUT2D eigenvalue weighted by Gasteiger charge is 2.17. The van der Waals surface area contributed by atoms with Crippen LogP contribution in [0.5, 0.6) is 0 Å². The molecule has 21 heavy (non-hydrogen) atoms. The highest BCUT2D eigenvalue weighted by molar-refractivity contribution is 7.91. The van der Waals surface area contributed by atoms with Gasteiger partial charge in [-0.15, -0.1) is 0 Å². The van der Waals surface area contributed by atoms with E-state index >= 15 is 0 Å². The minimum atomic E-state index is -3.67. The van der Waals surface area contributed by atoms with Gasteiger partial charge in [0.1, 0.15) is 5.15 Å². The van der Waals surface area contributed by atoms with E-state index in [1.165, 1.54) is 6.07 Å². The Morgan fingerprint density at radius 1 is 1.29 bits per heavy atom. The summed E-state index contributed by atoms with van der Waals surface area (Å²) in [5.41, 5.74) is 7.49. The molecular formula is C13H13Cl2N3O2S. The van der Waals surface area contributed by atoms with Gasteiger partial charge < -0.3 is 5.73 Å². The van der Waals surface area contributed by atoms with E-state index in [-0.39, 0.29) is 21.7 Å². The first-order chi connectivity index (χ1) is 9.78. The minimum absolute atomic E-state index is 0.00427. The Labute approximate surface area is 133 Å². The zero-order valence-corrected chi connectivity index (χ0v) is 13.4. The minimum Gasteiger partial charge on any atom is -0.398 e. The van der Waals surface area contributed by atoms with Crippen LogP contribution in [-0.4, -0.2) is 13.4 Å². The molecule has 0 saturated heterocycles. The number of hydrogen-bond acceptors (Lipinski definition) is 4. The summed E-state index contributed by atoms with van der Waals surface area (Å²) in [4.78, 5) is 3.82. The van der Waals surface area contributed by atoms with Crippen LogP contribution in [0.2, 0.25) is 10.3 Å². The maximum Gasteiger partial charge on any atom is 0.237 e. The molecule has 2 aromatic rings. The molecule has 8 heteroatoms. The largest absolute Gasteiger partial charge is 0.398 e. The van der Waals surface area contributed by atoms with E-state index in [0.717, 1.165) is 0 Å². The lowest BCUT2D eigenvalue weighted by molar-refractivity contribution is 0.600. The number of hydrogen-bond donors (Lipinski definition) is 2. The number of rotatable bonds is 4. The van der Waals surface area contributed by atoms with Crippen molar-refractivity contribution in [2.24, 2.45) is 0 Å². The number of sulfonamides is 1. The van der Waals surface area contributed by atoms with Gasteiger partial charge in [0.2, 0.25) is 10.0 Å². The SMILES string of the molecule is Cc1cc(Cl)nc(Cl)c1NS(=O)(=O)Cc1ccccc1N. The molecule has 1 aromatic carbocycles. The highest BCUT2D eigenvalue weighted by atomic mass is 35.5. The van der Waals surface area contributed by atoms with Crippen LogP contribution in [-0.2, 0) is 15.8 Å². The normalized spacial score (nSPS) is 11.4. The summed E-state index contributed by atoms with van der Waals surface area (Å²) >= 11 is 11.7. The molecule has 0 saturated carbocycles. The van der Waals surface area contributed by atoms with Crippen molar-refractivity contribution in [2.45, 2.75) is 12.7 Å². The number of pyridine rings is 1. The van der Waals surface area contributed by atoms with Gasteiger partial charge in [0.25, 0.3) is 0 Å². The summed E-state index contributed by atoms with van der Waals surface area (Å²) < 4.78 is 26.9. The van der Waals surface area contributed by atoms with E-state index in [1.54, 1.807) is 31.2 Å². The van der Waals surface area contributed by atoms with E-state index in [9.17, 15) is 8.42 Å².